The first kappa shape index (κ1) is 11.7. The summed E-state index contributed by atoms with van der Waals surface area (Å²) in [5, 5.41) is 0. The molecule has 1 aromatic rings. The van der Waals surface area contributed by atoms with Crippen LogP contribution in [0, 0.1) is 0 Å². The molecule has 3 rings (SSSR count). The van der Waals surface area contributed by atoms with Gasteiger partial charge in [0.15, 0.2) is 0 Å². The summed E-state index contributed by atoms with van der Waals surface area (Å²) >= 11 is 0. The van der Waals surface area contributed by atoms with Crippen molar-refractivity contribution in [1.82, 2.24) is 4.90 Å². The molecule has 96 valence electrons. The smallest absolute Gasteiger partial charge is 0.219 e. The lowest BCUT2D eigenvalue weighted by molar-refractivity contribution is -0.127. The summed E-state index contributed by atoms with van der Waals surface area (Å²) in [5.74, 6) is 0.439. The molecule has 0 aromatic heterocycles. The number of hydrogen-bond donors (Lipinski definition) is 1. The molecular formula is C15H20N2O. The molecule has 1 aliphatic heterocycles. The summed E-state index contributed by atoms with van der Waals surface area (Å²) in [6.45, 7) is 3.09. The number of hydrogen-bond acceptors (Lipinski definition) is 2. The summed E-state index contributed by atoms with van der Waals surface area (Å²) < 4.78 is 0. The summed E-state index contributed by atoms with van der Waals surface area (Å²) in [7, 11) is 0. The van der Waals surface area contributed by atoms with E-state index < -0.39 is 0 Å². The first-order valence-corrected chi connectivity index (χ1v) is 6.78. The van der Waals surface area contributed by atoms with Gasteiger partial charge in [-0.1, -0.05) is 18.2 Å². The number of aryl methyl sites for hydroxylation is 2. The lowest BCUT2D eigenvalue weighted by Gasteiger charge is -2.16. The van der Waals surface area contributed by atoms with Crippen LogP contribution in [-0.2, 0) is 17.6 Å². The number of likely N-dealkylation sites (tertiary alicyclic amines) is 1. The molecule has 3 nitrogen and oxygen atoms in total. The number of carbonyl (C=O) groups excluding carboxylic acids is 1. The lowest BCUT2D eigenvalue weighted by Crippen LogP contribution is -2.30. The second-order valence-corrected chi connectivity index (χ2v) is 5.58. The normalized spacial score (nSPS) is 26.4. The second kappa shape index (κ2) is 4.39. The van der Waals surface area contributed by atoms with Gasteiger partial charge < -0.3 is 10.6 Å². The average Bonchev–Trinajstić information content (AvgIpc) is 2.93. The van der Waals surface area contributed by atoms with Crippen LogP contribution in [0.4, 0.5) is 0 Å². The molecule has 1 fully saturated rings. The highest BCUT2D eigenvalue weighted by molar-refractivity contribution is 5.73. The van der Waals surface area contributed by atoms with E-state index in [9.17, 15) is 4.79 Å². The molecule has 2 N–H and O–H groups in total. The quantitative estimate of drug-likeness (QED) is 0.812. The van der Waals surface area contributed by atoms with Crippen LogP contribution in [0.2, 0.25) is 0 Å². The van der Waals surface area contributed by atoms with Gasteiger partial charge in [-0.25, -0.2) is 0 Å². The largest absolute Gasteiger partial charge is 0.341 e. The van der Waals surface area contributed by atoms with Crippen molar-refractivity contribution in [2.24, 2.45) is 5.73 Å². The van der Waals surface area contributed by atoms with E-state index in [4.69, 9.17) is 5.73 Å². The molecule has 0 spiro atoms. The van der Waals surface area contributed by atoms with Crippen LogP contribution in [0.1, 0.15) is 36.0 Å². The van der Waals surface area contributed by atoms with E-state index in [2.05, 4.69) is 18.2 Å². The van der Waals surface area contributed by atoms with E-state index in [1.54, 1.807) is 6.92 Å². The summed E-state index contributed by atoms with van der Waals surface area (Å²) in [6.07, 6.45) is 3.68. The maximum atomic E-state index is 11.4. The second-order valence-electron chi connectivity index (χ2n) is 5.58. The Bertz CT molecular complexity index is 483. The molecule has 1 saturated heterocycles. The van der Waals surface area contributed by atoms with Gasteiger partial charge in [-0.2, -0.15) is 0 Å². The predicted octanol–water partition coefficient (Wildman–Crippen LogP) is 1.45. The van der Waals surface area contributed by atoms with Crippen LogP contribution in [0.3, 0.4) is 0 Å². The zero-order valence-corrected chi connectivity index (χ0v) is 10.9. The van der Waals surface area contributed by atoms with Gasteiger partial charge in [-0.15, -0.1) is 0 Å². The van der Waals surface area contributed by atoms with Crippen LogP contribution in [0.5, 0.6) is 0 Å². The molecule has 0 saturated carbocycles. The number of fused-ring (bicyclic) bond motifs is 1. The van der Waals surface area contributed by atoms with Crippen molar-refractivity contribution in [3.63, 3.8) is 0 Å². The fourth-order valence-corrected chi connectivity index (χ4v) is 3.26. The fourth-order valence-electron chi connectivity index (χ4n) is 3.26. The molecule has 2 atom stereocenters. The van der Waals surface area contributed by atoms with Crippen LogP contribution in [0.15, 0.2) is 18.2 Å². The van der Waals surface area contributed by atoms with Crippen molar-refractivity contribution in [2.45, 2.75) is 38.1 Å². The van der Waals surface area contributed by atoms with Gasteiger partial charge in [0.25, 0.3) is 0 Å². The van der Waals surface area contributed by atoms with Crippen molar-refractivity contribution in [3.05, 3.63) is 34.9 Å². The van der Waals surface area contributed by atoms with Crippen molar-refractivity contribution in [1.29, 1.82) is 0 Å². The zero-order valence-electron chi connectivity index (χ0n) is 10.9. The Morgan fingerprint density at radius 2 is 2.06 bits per heavy atom. The number of benzene rings is 1. The maximum Gasteiger partial charge on any atom is 0.219 e. The number of nitrogens with two attached hydrogens (primary N) is 1. The van der Waals surface area contributed by atoms with E-state index in [1.165, 1.54) is 36.0 Å². The van der Waals surface area contributed by atoms with Gasteiger partial charge in [0.05, 0.1) is 0 Å². The third-order valence-corrected chi connectivity index (χ3v) is 4.36. The minimum atomic E-state index is 0.0772. The molecule has 18 heavy (non-hydrogen) atoms. The minimum absolute atomic E-state index is 0.0772. The Kier molecular flexibility index (Phi) is 2.86. The van der Waals surface area contributed by atoms with E-state index >= 15 is 0 Å². The first-order chi connectivity index (χ1) is 8.65. The van der Waals surface area contributed by atoms with Crippen molar-refractivity contribution in [2.75, 3.05) is 13.1 Å². The summed E-state index contributed by atoms with van der Waals surface area (Å²) in [6, 6.07) is 6.85. The van der Waals surface area contributed by atoms with Crippen LogP contribution in [0.25, 0.3) is 0 Å². The Morgan fingerprint density at radius 3 is 2.78 bits per heavy atom. The lowest BCUT2D eigenvalue weighted by atomic mass is 9.92. The van der Waals surface area contributed by atoms with Gasteiger partial charge in [0, 0.05) is 32.0 Å². The molecule has 0 radical (unpaired) electrons. The standard InChI is InChI=1S/C15H20N2O/c1-10(18)17-8-14(15(16)9-17)13-6-5-11-3-2-4-12(11)7-13/h5-7,14-15H,2-4,8-9,16H2,1H3. The molecule has 1 amide bonds. The summed E-state index contributed by atoms with van der Waals surface area (Å²) in [4.78, 5) is 13.3. The maximum absolute atomic E-state index is 11.4. The monoisotopic (exact) mass is 244 g/mol. The Balaban J connectivity index is 1.85. The van der Waals surface area contributed by atoms with Gasteiger partial charge in [-0.3, -0.25) is 4.79 Å². The van der Waals surface area contributed by atoms with Crippen LogP contribution >= 0.6 is 0 Å². The van der Waals surface area contributed by atoms with Crippen LogP contribution < -0.4 is 5.73 Å². The van der Waals surface area contributed by atoms with Crippen molar-refractivity contribution in [3.8, 4) is 0 Å². The first-order valence-electron chi connectivity index (χ1n) is 6.78. The molecule has 0 bridgehead atoms. The zero-order chi connectivity index (χ0) is 12.7. The number of nitrogens with zero attached hydrogens (tertiary/aromatic N) is 1. The fraction of sp³-hybridized carbons (Fsp3) is 0.533. The van der Waals surface area contributed by atoms with Gasteiger partial charge in [0.1, 0.15) is 0 Å². The molecule has 1 heterocycles. The summed E-state index contributed by atoms with van der Waals surface area (Å²) in [5.41, 5.74) is 10.5. The van der Waals surface area contributed by atoms with E-state index in [0.717, 1.165) is 6.54 Å². The van der Waals surface area contributed by atoms with Gasteiger partial charge in [-0.05, 0) is 36.0 Å². The topological polar surface area (TPSA) is 46.3 Å². The Morgan fingerprint density at radius 1 is 1.28 bits per heavy atom. The number of carbonyl (C=O) groups is 1. The molecule has 2 unspecified atom stereocenters. The Labute approximate surface area is 108 Å². The SMILES string of the molecule is CC(=O)N1CC(N)C(c2ccc3c(c2)CCC3)C1. The predicted molar refractivity (Wildman–Crippen MR) is 71.4 cm³/mol. The molecule has 1 aliphatic carbocycles. The van der Waals surface area contributed by atoms with Gasteiger partial charge >= 0.3 is 0 Å². The molecule has 2 aliphatic rings. The van der Waals surface area contributed by atoms with E-state index in [1.807, 2.05) is 4.90 Å². The third kappa shape index (κ3) is 1.93. The van der Waals surface area contributed by atoms with Crippen LogP contribution in [-0.4, -0.2) is 29.9 Å². The highest BCUT2D eigenvalue weighted by atomic mass is 16.2. The molecule has 1 aromatic carbocycles. The molecular weight excluding hydrogens is 224 g/mol. The van der Waals surface area contributed by atoms with Crippen molar-refractivity contribution < 1.29 is 4.79 Å². The average molecular weight is 244 g/mol. The number of amides is 1. The van der Waals surface area contributed by atoms with Crippen molar-refractivity contribution >= 4 is 5.91 Å². The number of rotatable bonds is 1. The highest BCUT2D eigenvalue weighted by Gasteiger charge is 2.32. The van der Waals surface area contributed by atoms with E-state index in [-0.39, 0.29) is 11.9 Å². The highest BCUT2D eigenvalue weighted by Crippen LogP contribution is 2.30. The minimum Gasteiger partial charge on any atom is -0.341 e. The molecule has 3 heteroatoms. The van der Waals surface area contributed by atoms with E-state index in [0.29, 0.717) is 12.5 Å². The van der Waals surface area contributed by atoms with Gasteiger partial charge in [0.2, 0.25) is 5.91 Å². The Hall–Kier alpha value is -1.35. The third-order valence-electron chi connectivity index (χ3n) is 4.36.